The Bertz CT molecular complexity index is 393. The van der Waals surface area contributed by atoms with Gasteiger partial charge in [-0.3, -0.25) is 4.90 Å². The Morgan fingerprint density at radius 3 is 2.29 bits per heavy atom. The molecule has 1 fully saturated rings. The van der Waals surface area contributed by atoms with Gasteiger partial charge in [0.1, 0.15) is 0 Å². The van der Waals surface area contributed by atoms with E-state index in [4.69, 9.17) is 0 Å². The van der Waals surface area contributed by atoms with E-state index < -0.39 is 0 Å². The molecule has 1 unspecified atom stereocenters. The first-order chi connectivity index (χ1) is 10.1. The third-order valence-corrected chi connectivity index (χ3v) is 5.02. The van der Waals surface area contributed by atoms with E-state index in [-0.39, 0.29) is 11.6 Å². The first kappa shape index (κ1) is 16.5. The molecule has 1 N–H and O–H groups in total. The summed E-state index contributed by atoms with van der Waals surface area (Å²) in [5, 5.41) is 10.7. The Kier molecular flexibility index (Phi) is 6.25. The number of aliphatic hydroxyl groups excluding tert-OH is 1. The number of hydrogen-bond donors (Lipinski definition) is 1. The van der Waals surface area contributed by atoms with E-state index in [2.05, 4.69) is 49.1 Å². The highest BCUT2D eigenvalue weighted by Gasteiger charge is 2.33. The van der Waals surface area contributed by atoms with E-state index >= 15 is 0 Å². The van der Waals surface area contributed by atoms with Gasteiger partial charge in [0.2, 0.25) is 0 Å². The molecule has 1 aromatic carbocycles. The molecule has 1 atom stereocenters. The standard InChI is InChI=1S/C19H31NO/c1-19(2,20-15-8-3-4-9-16-20)18(21)14-10-13-17-11-6-5-7-12-17/h5-7,11-12,18,21H,3-4,8-10,13-16H2,1-2H3. The second kappa shape index (κ2) is 7.95. The van der Waals surface area contributed by atoms with Gasteiger partial charge in [0.25, 0.3) is 0 Å². The van der Waals surface area contributed by atoms with Crippen LogP contribution in [0.3, 0.4) is 0 Å². The second-order valence-corrected chi connectivity index (χ2v) is 6.95. The SMILES string of the molecule is CC(C)(C(O)CCCc1ccccc1)N1CCCCCC1. The fourth-order valence-electron chi connectivity index (χ4n) is 3.36. The lowest BCUT2D eigenvalue weighted by Gasteiger charge is -2.41. The molecule has 2 rings (SSSR count). The minimum absolute atomic E-state index is 0.0962. The molecule has 0 aliphatic carbocycles. The van der Waals surface area contributed by atoms with E-state index in [9.17, 15) is 5.11 Å². The summed E-state index contributed by atoms with van der Waals surface area (Å²) in [5.74, 6) is 0. The van der Waals surface area contributed by atoms with E-state index in [1.54, 1.807) is 0 Å². The average Bonchev–Trinajstić information content (AvgIpc) is 2.77. The van der Waals surface area contributed by atoms with Crippen LogP contribution in [-0.2, 0) is 6.42 Å². The van der Waals surface area contributed by atoms with Crippen molar-refractivity contribution in [1.29, 1.82) is 0 Å². The summed E-state index contributed by atoms with van der Waals surface area (Å²) in [7, 11) is 0. The zero-order chi connectivity index (χ0) is 15.1. The highest BCUT2D eigenvalue weighted by atomic mass is 16.3. The van der Waals surface area contributed by atoms with Gasteiger partial charge in [-0.25, -0.2) is 0 Å². The van der Waals surface area contributed by atoms with Gasteiger partial charge >= 0.3 is 0 Å². The maximum Gasteiger partial charge on any atom is 0.0718 e. The number of aryl methyl sites for hydroxylation is 1. The van der Waals surface area contributed by atoms with Gasteiger partial charge in [-0.15, -0.1) is 0 Å². The highest BCUT2D eigenvalue weighted by Crippen LogP contribution is 2.26. The Labute approximate surface area is 130 Å². The molecule has 2 heteroatoms. The zero-order valence-corrected chi connectivity index (χ0v) is 13.7. The van der Waals surface area contributed by atoms with Gasteiger partial charge in [0.15, 0.2) is 0 Å². The monoisotopic (exact) mass is 289 g/mol. The lowest BCUT2D eigenvalue weighted by atomic mass is 9.90. The highest BCUT2D eigenvalue weighted by molar-refractivity contribution is 5.14. The lowest BCUT2D eigenvalue weighted by Crippen LogP contribution is -2.52. The Morgan fingerprint density at radius 2 is 1.67 bits per heavy atom. The van der Waals surface area contributed by atoms with Crippen LogP contribution in [-0.4, -0.2) is 34.7 Å². The fraction of sp³-hybridized carbons (Fsp3) is 0.684. The van der Waals surface area contributed by atoms with Crippen molar-refractivity contribution in [3.05, 3.63) is 35.9 Å². The van der Waals surface area contributed by atoms with Crippen molar-refractivity contribution in [3.8, 4) is 0 Å². The molecular weight excluding hydrogens is 258 g/mol. The Morgan fingerprint density at radius 1 is 1.05 bits per heavy atom. The van der Waals surface area contributed by atoms with Crippen molar-refractivity contribution >= 4 is 0 Å². The van der Waals surface area contributed by atoms with Crippen LogP contribution >= 0.6 is 0 Å². The third kappa shape index (κ3) is 4.82. The molecule has 118 valence electrons. The van der Waals surface area contributed by atoms with Crippen LogP contribution in [0.1, 0.15) is 57.9 Å². The molecule has 1 heterocycles. The van der Waals surface area contributed by atoms with E-state index in [1.807, 2.05) is 0 Å². The summed E-state index contributed by atoms with van der Waals surface area (Å²) < 4.78 is 0. The van der Waals surface area contributed by atoms with Gasteiger partial charge in [0, 0.05) is 5.54 Å². The maximum atomic E-state index is 10.7. The minimum atomic E-state index is -0.237. The number of aliphatic hydroxyl groups is 1. The topological polar surface area (TPSA) is 23.5 Å². The van der Waals surface area contributed by atoms with Crippen molar-refractivity contribution < 1.29 is 5.11 Å². The number of hydrogen-bond acceptors (Lipinski definition) is 2. The number of benzene rings is 1. The van der Waals surface area contributed by atoms with Crippen molar-refractivity contribution in [2.45, 2.75) is 70.4 Å². The lowest BCUT2D eigenvalue weighted by molar-refractivity contribution is -0.0135. The molecule has 0 saturated carbocycles. The number of rotatable bonds is 6. The Balaban J connectivity index is 1.81. The molecule has 0 bridgehead atoms. The van der Waals surface area contributed by atoms with Crippen LogP contribution in [0.5, 0.6) is 0 Å². The van der Waals surface area contributed by atoms with Crippen molar-refractivity contribution in [1.82, 2.24) is 4.90 Å². The van der Waals surface area contributed by atoms with Gasteiger partial charge in [-0.2, -0.15) is 0 Å². The first-order valence-electron chi connectivity index (χ1n) is 8.58. The summed E-state index contributed by atoms with van der Waals surface area (Å²) in [6.45, 7) is 6.71. The van der Waals surface area contributed by atoms with E-state index in [1.165, 1.54) is 31.2 Å². The summed E-state index contributed by atoms with van der Waals surface area (Å²) >= 11 is 0. The van der Waals surface area contributed by atoms with Crippen LogP contribution in [0.4, 0.5) is 0 Å². The van der Waals surface area contributed by atoms with Crippen molar-refractivity contribution in [2.75, 3.05) is 13.1 Å². The number of likely N-dealkylation sites (tertiary alicyclic amines) is 1. The molecule has 21 heavy (non-hydrogen) atoms. The predicted octanol–water partition coefficient (Wildman–Crippen LogP) is 4.02. The molecule has 0 amide bonds. The molecule has 0 aromatic heterocycles. The van der Waals surface area contributed by atoms with E-state index in [0.717, 1.165) is 32.4 Å². The van der Waals surface area contributed by atoms with Gasteiger partial charge < -0.3 is 5.11 Å². The molecule has 1 aromatic rings. The quantitative estimate of drug-likeness (QED) is 0.855. The van der Waals surface area contributed by atoms with E-state index in [0.29, 0.717) is 0 Å². The summed E-state index contributed by atoms with van der Waals surface area (Å²) in [5.41, 5.74) is 1.28. The molecule has 2 nitrogen and oxygen atoms in total. The maximum absolute atomic E-state index is 10.7. The van der Waals surface area contributed by atoms with Crippen LogP contribution in [0.2, 0.25) is 0 Å². The van der Waals surface area contributed by atoms with Crippen LogP contribution in [0.25, 0.3) is 0 Å². The summed E-state index contributed by atoms with van der Waals surface area (Å²) in [4.78, 5) is 2.51. The van der Waals surface area contributed by atoms with Gasteiger partial charge in [-0.1, -0.05) is 43.2 Å². The minimum Gasteiger partial charge on any atom is -0.391 e. The third-order valence-electron chi connectivity index (χ3n) is 5.02. The van der Waals surface area contributed by atoms with Crippen molar-refractivity contribution in [2.24, 2.45) is 0 Å². The fourth-order valence-corrected chi connectivity index (χ4v) is 3.36. The largest absolute Gasteiger partial charge is 0.391 e. The average molecular weight is 289 g/mol. The van der Waals surface area contributed by atoms with Crippen LogP contribution in [0.15, 0.2) is 30.3 Å². The first-order valence-corrected chi connectivity index (χ1v) is 8.58. The zero-order valence-electron chi connectivity index (χ0n) is 13.7. The summed E-state index contributed by atoms with van der Waals surface area (Å²) in [6, 6.07) is 10.6. The second-order valence-electron chi connectivity index (χ2n) is 6.95. The predicted molar refractivity (Wildman–Crippen MR) is 89.5 cm³/mol. The smallest absolute Gasteiger partial charge is 0.0718 e. The number of nitrogens with zero attached hydrogens (tertiary/aromatic N) is 1. The molecular formula is C19H31NO. The van der Waals surface area contributed by atoms with Crippen LogP contribution in [0, 0.1) is 0 Å². The molecule has 1 aliphatic heterocycles. The van der Waals surface area contributed by atoms with Crippen LogP contribution < -0.4 is 0 Å². The molecule has 0 radical (unpaired) electrons. The molecule has 1 saturated heterocycles. The molecule has 1 aliphatic rings. The normalized spacial score (nSPS) is 19.2. The van der Waals surface area contributed by atoms with Gasteiger partial charge in [-0.05, 0) is 64.6 Å². The Hall–Kier alpha value is -0.860. The van der Waals surface area contributed by atoms with Gasteiger partial charge in [0.05, 0.1) is 6.10 Å². The molecule has 0 spiro atoms. The van der Waals surface area contributed by atoms with Crippen molar-refractivity contribution in [3.63, 3.8) is 0 Å². The summed E-state index contributed by atoms with van der Waals surface area (Å²) in [6.07, 6.45) is 8.02.